The molecule has 0 bridgehead atoms. The van der Waals surface area contributed by atoms with Crippen LogP contribution in [0.2, 0.25) is 0 Å². The summed E-state index contributed by atoms with van der Waals surface area (Å²) in [6, 6.07) is 4.79. The Bertz CT molecular complexity index is 571. The molecule has 0 fully saturated rings. The Kier molecular flexibility index (Phi) is 2.87. The van der Waals surface area contributed by atoms with Crippen LogP contribution in [0.5, 0.6) is 0 Å². The number of benzene rings is 1. The van der Waals surface area contributed by atoms with Gasteiger partial charge in [-0.15, -0.1) is 0 Å². The minimum absolute atomic E-state index is 0.0972. The van der Waals surface area contributed by atoms with Gasteiger partial charge in [-0.1, -0.05) is 6.07 Å². The highest BCUT2D eigenvalue weighted by atomic mass is 79.9. The summed E-state index contributed by atoms with van der Waals surface area (Å²) in [6.45, 7) is 0. The number of halogens is 2. The molecule has 2 aromatic rings. The van der Waals surface area contributed by atoms with Gasteiger partial charge < -0.3 is 4.74 Å². The van der Waals surface area contributed by atoms with E-state index in [1.165, 1.54) is 13.2 Å². The van der Waals surface area contributed by atoms with Gasteiger partial charge in [0.25, 0.3) is 0 Å². The summed E-state index contributed by atoms with van der Waals surface area (Å²) in [7, 11) is 1.21. The molecule has 5 heteroatoms. The predicted octanol–water partition coefficient (Wildman–Crippen LogP) is 2.92. The van der Waals surface area contributed by atoms with E-state index in [9.17, 15) is 9.18 Å². The maximum atomic E-state index is 13.8. The first-order valence-corrected chi connectivity index (χ1v) is 5.25. The third-order valence-electron chi connectivity index (χ3n) is 2.19. The van der Waals surface area contributed by atoms with E-state index in [1.54, 1.807) is 18.3 Å². The minimum atomic E-state index is -0.711. The van der Waals surface area contributed by atoms with Crippen molar-refractivity contribution in [3.05, 3.63) is 40.2 Å². The second kappa shape index (κ2) is 4.17. The van der Waals surface area contributed by atoms with Crippen molar-refractivity contribution in [3.8, 4) is 0 Å². The lowest BCUT2D eigenvalue weighted by molar-refractivity contribution is 0.0598. The second-order valence-corrected chi connectivity index (χ2v) is 3.96. The number of esters is 1. The van der Waals surface area contributed by atoms with Gasteiger partial charge in [-0.05, 0) is 28.1 Å². The van der Waals surface area contributed by atoms with E-state index in [4.69, 9.17) is 0 Å². The monoisotopic (exact) mass is 283 g/mol. The number of hydrogen-bond acceptors (Lipinski definition) is 3. The van der Waals surface area contributed by atoms with Crippen LogP contribution in [0.1, 0.15) is 10.4 Å². The summed E-state index contributed by atoms with van der Waals surface area (Å²) >= 11 is 3.04. The molecule has 0 aliphatic heterocycles. The van der Waals surface area contributed by atoms with Crippen molar-refractivity contribution in [3.63, 3.8) is 0 Å². The summed E-state index contributed by atoms with van der Waals surface area (Å²) in [5.74, 6) is -1.34. The smallest absolute Gasteiger partial charge is 0.341 e. The zero-order valence-electron chi connectivity index (χ0n) is 8.33. The zero-order valence-corrected chi connectivity index (χ0v) is 9.92. The van der Waals surface area contributed by atoms with Gasteiger partial charge in [0.15, 0.2) is 5.82 Å². The molecule has 0 aliphatic carbocycles. The van der Waals surface area contributed by atoms with Crippen LogP contribution in [0.4, 0.5) is 4.39 Å². The van der Waals surface area contributed by atoms with E-state index in [0.717, 1.165) is 0 Å². The van der Waals surface area contributed by atoms with Crippen LogP contribution in [0.25, 0.3) is 10.9 Å². The van der Waals surface area contributed by atoms with E-state index in [0.29, 0.717) is 10.9 Å². The molecule has 0 amide bonds. The fraction of sp³-hybridized carbons (Fsp3) is 0.0909. The highest BCUT2D eigenvalue weighted by molar-refractivity contribution is 9.10. The number of carbonyl (C=O) groups is 1. The first kappa shape index (κ1) is 11.0. The number of aromatic nitrogens is 1. The normalized spacial score (nSPS) is 10.4. The number of hydrogen-bond donors (Lipinski definition) is 0. The average molecular weight is 284 g/mol. The maximum Gasteiger partial charge on any atom is 0.341 e. The highest BCUT2D eigenvalue weighted by Gasteiger charge is 2.19. The van der Waals surface area contributed by atoms with Gasteiger partial charge in [0.1, 0.15) is 5.56 Å². The van der Waals surface area contributed by atoms with Crippen molar-refractivity contribution in [1.29, 1.82) is 0 Å². The van der Waals surface area contributed by atoms with Gasteiger partial charge in [-0.25, -0.2) is 9.18 Å². The largest absolute Gasteiger partial charge is 0.465 e. The highest BCUT2D eigenvalue weighted by Crippen LogP contribution is 2.27. The van der Waals surface area contributed by atoms with Crippen LogP contribution in [0.3, 0.4) is 0 Å². The third kappa shape index (κ3) is 1.67. The van der Waals surface area contributed by atoms with E-state index in [1.807, 2.05) is 0 Å². The van der Waals surface area contributed by atoms with Crippen molar-refractivity contribution in [2.24, 2.45) is 0 Å². The minimum Gasteiger partial charge on any atom is -0.465 e. The van der Waals surface area contributed by atoms with Crippen LogP contribution in [-0.4, -0.2) is 18.1 Å². The van der Waals surface area contributed by atoms with Gasteiger partial charge in [0.05, 0.1) is 17.1 Å². The van der Waals surface area contributed by atoms with Crippen LogP contribution < -0.4 is 0 Å². The lowest BCUT2D eigenvalue weighted by atomic mass is 10.1. The number of nitrogens with zero attached hydrogens (tertiary/aromatic N) is 1. The molecule has 0 saturated carbocycles. The van der Waals surface area contributed by atoms with Crippen LogP contribution in [0.15, 0.2) is 28.9 Å². The topological polar surface area (TPSA) is 39.2 Å². The van der Waals surface area contributed by atoms with Crippen molar-refractivity contribution < 1.29 is 13.9 Å². The molecule has 1 heterocycles. The molecule has 0 spiro atoms. The summed E-state index contributed by atoms with van der Waals surface area (Å²) in [5.41, 5.74) is 0.441. The molecular weight excluding hydrogens is 277 g/mol. The third-order valence-corrected chi connectivity index (χ3v) is 2.77. The lowest BCUT2D eigenvalue weighted by Crippen LogP contribution is -2.06. The summed E-state index contributed by atoms with van der Waals surface area (Å²) in [5, 5.41) is 0.440. The molecule has 0 atom stereocenters. The molecular formula is C11H7BrFNO2. The fourth-order valence-corrected chi connectivity index (χ4v) is 1.88. The SMILES string of the molecule is COC(=O)c1c(F)c(Br)cc2ncccc12. The predicted molar refractivity (Wildman–Crippen MR) is 60.7 cm³/mol. The number of ether oxygens (including phenoxy) is 1. The molecule has 82 valence electrons. The fourth-order valence-electron chi connectivity index (χ4n) is 1.47. The number of methoxy groups -OCH3 is 1. The first-order chi connectivity index (χ1) is 7.65. The molecule has 0 radical (unpaired) electrons. The molecule has 1 aromatic heterocycles. The Hall–Kier alpha value is -1.49. The van der Waals surface area contributed by atoms with Gasteiger partial charge in [0, 0.05) is 11.6 Å². The maximum absolute atomic E-state index is 13.8. The molecule has 3 nitrogen and oxygen atoms in total. The van der Waals surface area contributed by atoms with Crippen molar-refractivity contribution >= 4 is 32.8 Å². The Morgan fingerprint density at radius 2 is 2.31 bits per heavy atom. The lowest BCUT2D eigenvalue weighted by Gasteiger charge is -2.07. The number of pyridine rings is 1. The molecule has 1 aromatic carbocycles. The van der Waals surface area contributed by atoms with Crippen LogP contribution in [0, 0.1) is 5.82 Å². The molecule has 0 aliphatic rings. The Balaban J connectivity index is 2.87. The van der Waals surface area contributed by atoms with Crippen molar-refractivity contribution in [2.45, 2.75) is 0 Å². The number of rotatable bonds is 1. The van der Waals surface area contributed by atoms with Gasteiger partial charge >= 0.3 is 5.97 Å². The van der Waals surface area contributed by atoms with Crippen molar-refractivity contribution in [2.75, 3.05) is 7.11 Å². The van der Waals surface area contributed by atoms with E-state index in [2.05, 4.69) is 25.7 Å². The Morgan fingerprint density at radius 1 is 1.56 bits per heavy atom. The summed E-state index contributed by atoms with van der Waals surface area (Å²) in [6.07, 6.45) is 1.58. The van der Waals surface area contributed by atoms with Crippen molar-refractivity contribution in [1.82, 2.24) is 4.98 Å². The second-order valence-electron chi connectivity index (χ2n) is 3.11. The number of fused-ring (bicyclic) bond motifs is 1. The van der Waals surface area contributed by atoms with Crippen LogP contribution >= 0.6 is 15.9 Å². The van der Waals surface area contributed by atoms with E-state index in [-0.39, 0.29) is 10.0 Å². The van der Waals surface area contributed by atoms with Gasteiger partial charge in [0.2, 0.25) is 0 Å². The zero-order chi connectivity index (χ0) is 11.7. The molecule has 2 rings (SSSR count). The van der Waals surface area contributed by atoms with Gasteiger partial charge in [-0.3, -0.25) is 4.98 Å². The first-order valence-electron chi connectivity index (χ1n) is 4.46. The van der Waals surface area contributed by atoms with E-state index < -0.39 is 11.8 Å². The van der Waals surface area contributed by atoms with E-state index >= 15 is 0 Å². The quantitative estimate of drug-likeness (QED) is 0.756. The van der Waals surface area contributed by atoms with Crippen LogP contribution in [-0.2, 0) is 4.74 Å². The Morgan fingerprint density at radius 3 is 3.00 bits per heavy atom. The molecule has 0 saturated heterocycles. The summed E-state index contributed by atoms with van der Waals surface area (Å²) < 4.78 is 18.5. The molecule has 16 heavy (non-hydrogen) atoms. The Labute approximate surface area is 99.4 Å². The molecule has 0 unspecified atom stereocenters. The van der Waals surface area contributed by atoms with Gasteiger partial charge in [-0.2, -0.15) is 0 Å². The number of carbonyl (C=O) groups excluding carboxylic acids is 1. The summed E-state index contributed by atoms with van der Waals surface area (Å²) in [4.78, 5) is 15.5. The average Bonchev–Trinajstić information content (AvgIpc) is 2.30. The standard InChI is InChI=1S/C11H7BrFNO2/c1-16-11(15)9-6-3-2-4-14-8(6)5-7(12)10(9)13/h2-5H,1H3. The molecule has 0 N–H and O–H groups in total.